The summed E-state index contributed by atoms with van der Waals surface area (Å²) >= 11 is 0. The van der Waals surface area contributed by atoms with Crippen molar-refractivity contribution in [2.75, 3.05) is 20.8 Å². The molecule has 0 saturated carbocycles. The molecule has 3 rings (SSSR count). The van der Waals surface area contributed by atoms with Gasteiger partial charge in [0.1, 0.15) is 11.4 Å². The first-order chi connectivity index (χ1) is 10.9. The van der Waals surface area contributed by atoms with Crippen LogP contribution in [0.15, 0.2) is 12.3 Å². The lowest BCUT2D eigenvalue weighted by Gasteiger charge is -2.51. The molecule has 1 amide bonds. The minimum atomic E-state index is -1.13. The minimum absolute atomic E-state index is 0.0837. The van der Waals surface area contributed by atoms with E-state index in [0.29, 0.717) is 6.42 Å². The summed E-state index contributed by atoms with van der Waals surface area (Å²) in [6, 6.07) is 1.46. The first kappa shape index (κ1) is 15.7. The third kappa shape index (κ3) is 2.33. The van der Waals surface area contributed by atoms with Crippen LogP contribution in [0.4, 0.5) is 4.39 Å². The van der Waals surface area contributed by atoms with E-state index < -0.39 is 17.3 Å². The van der Waals surface area contributed by atoms with Crippen molar-refractivity contribution in [2.45, 2.75) is 25.0 Å². The van der Waals surface area contributed by atoms with Gasteiger partial charge in [-0.05, 0) is 13.3 Å². The molecule has 3 atom stereocenters. The number of nitrogens with zero attached hydrogens (tertiary/aromatic N) is 2. The van der Waals surface area contributed by atoms with Crippen molar-refractivity contribution in [2.24, 2.45) is 5.92 Å². The molecule has 2 aliphatic heterocycles. The predicted molar refractivity (Wildman–Crippen MR) is 79.6 cm³/mol. The number of pyridine rings is 1. The zero-order chi connectivity index (χ0) is 16.8. The van der Waals surface area contributed by atoms with Crippen LogP contribution >= 0.6 is 0 Å². The zero-order valence-electron chi connectivity index (χ0n) is 13.2. The van der Waals surface area contributed by atoms with Crippen molar-refractivity contribution in [3.05, 3.63) is 23.6 Å². The molecule has 2 aliphatic rings. The van der Waals surface area contributed by atoms with E-state index in [0.717, 1.165) is 6.20 Å². The van der Waals surface area contributed by atoms with E-state index >= 15 is 0 Å². The van der Waals surface area contributed by atoms with E-state index in [1.807, 2.05) is 6.92 Å². The number of hydrogen-bond donors (Lipinski definition) is 2. The molecular weight excluding hydrogens is 303 g/mol. The van der Waals surface area contributed by atoms with Crippen LogP contribution in [0.5, 0.6) is 5.88 Å². The van der Waals surface area contributed by atoms with Gasteiger partial charge in [0.25, 0.3) is 0 Å². The number of carbonyl (C=O) groups excluding carboxylic acids is 1. The summed E-state index contributed by atoms with van der Waals surface area (Å²) in [5.41, 5.74) is -0.902. The normalized spacial score (nSPS) is 30.7. The van der Waals surface area contributed by atoms with Crippen LogP contribution in [0.3, 0.4) is 0 Å². The van der Waals surface area contributed by atoms with Gasteiger partial charge in [0, 0.05) is 18.7 Å². The number of guanidine groups is 1. The fourth-order valence-electron chi connectivity index (χ4n) is 3.26. The largest absolute Gasteiger partial charge is 0.481 e. The van der Waals surface area contributed by atoms with Gasteiger partial charge in [0.05, 0.1) is 31.9 Å². The van der Waals surface area contributed by atoms with Crippen molar-refractivity contribution in [1.29, 1.82) is 5.41 Å². The molecule has 1 aromatic heterocycles. The Bertz CT molecular complexity index is 668. The summed E-state index contributed by atoms with van der Waals surface area (Å²) < 4.78 is 25.3. The average Bonchev–Trinajstić information content (AvgIpc) is 2.54. The zero-order valence-corrected chi connectivity index (χ0v) is 13.2. The lowest BCUT2D eigenvalue weighted by molar-refractivity contribution is -0.148. The number of amides is 1. The van der Waals surface area contributed by atoms with Crippen LogP contribution in [-0.4, -0.2) is 48.6 Å². The summed E-state index contributed by atoms with van der Waals surface area (Å²) in [5, 5.41) is 11.0. The molecule has 23 heavy (non-hydrogen) atoms. The number of fused-ring (bicyclic) bond motifs is 1. The number of hydrogen-bond acceptors (Lipinski definition) is 5. The van der Waals surface area contributed by atoms with Crippen LogP contribution in [0.25, 0.3) is 0 Å². The van der Waals surface area contributed by atoms with E-state index in [4.69, 9.17) is 14.9 Å². The van der Waals surface area contributed by atoms with Gasteiger partial charge in [-0.15, -0.1) is 0 Å². The van der Waals surface area contributed by atoms with Gasteiger partial charge in [-0.25, -0.2) is 9.37 Å². The highest BCUT2D eigenvalue weighted by Gasteiger charge is 2.54. The second-order valence-corrected chi connectivity index (χ2v) is 5.96. The minimum Gasteiger partial charge on any atom is -0.481 e. The van der Waals surface area contributed by atoms with Crippen LogP contribution < -0.4 is 10.1 Å². The quantitative estimate of drug-likeness (QED) is 0.843. The van der Waals surface area contributed by atoms with Crippen molar-refractivity contribution in [1.82, 2.24) is 15.2 Å². The molecule has 124 valence electrons. The lowest BCUT2D eigenvalue weighted by Crippen LogP contribution is -2.69. The molecule has 1 aromatic rings. The van der Waals surface area contributed by atoms with E-state index in [9.17, 15) is 9.18 Å². The molecule has 0 spiro atoms. The van der Waals surface area contributed by atoms with Gasteiger partial charge in [-0.3, -0.25) is 15.1 Å². The van der Waals surface area contributed by atoms with Crippen LogP contribution in [0, 0.1) is 17.1 Å². The molecule has 2 N–H and O–H groups in total. The maximum absolute atomic E-state index is 14.5. The third-order valence-corrected chi connectivity index (χ3v) is 4.58. The Morgan fingerprint density at radius 3 is 3.04 bits per heavy atom. The van der Waals surface area contributed by atoms with E-state index in [1.165, 1.54) is 25.1 Å². The highest BCUT2D eigenvalue weighted by Crippen LogP contribution is 2.42. The number of ether oxygens (including phenoxy) is 2. The topological polar surface area (TPSA) is 87.5 Å². The highest BCUT2D eigenvalue weighted by molar-refractivity contribution is 6.00. The fraction of sp³-hybridized carbons (Fsp3) is 0.533. The summed E-state index contributed by atoms with van der Waals surface area (Å²) in [6.07, 6.45) is 1.38. The van der Waals surface area contributed by atoms with Gasteiger partial charge >= 0.3 is 0 Å². The monoisotopic (exact) mass is 322 g/mol. The number of halogens is 1. The van der Waals surface area contributed by atoms with Crippen molar-refractivity contribution in [3.8, 4) is 5.88 Å². The Morgan fingerprint density at radius 1 is 1.61 bits per heavy atom. The number of nitrogens with one attached hydrogen (secondary N) is 2. The highest BCUT2D eigenvalue weighted by atomic mass is 19.1. The second-order valence-electron chi connectivity index (χ2n) is 5.96. The SMILES string of the molecule is COc1cc(C23CO[C@@H](C)CC2C(=O)N(C)C(=N)N3)c(F)cn1. The first-order valence-electron chi connectivity index (χ1n) is 7.35. The van der Waals surface area contributed by atoms with Crippen LogP contribution in [0.2, 0.25) is 0 Å². The number of rotatable bonds is 2. The number of methoxy groups -OCH3 is 1. The van der Waals surface area contributed by atoms with Crippen molar-refractivity contribution < 1.29 is 18.7 Å². The molecule has 2 fully saturated rings. The maximum Gasteiger partial charge on any atom is 0.235 e. The summed E-state index contributed by atoms with van der Waals surface area (Å²) in [4.78, 5) is 17.8. The summed E-state index contributed by atoms with van der Waals surface area (Å²) in [6.45, 7) is 1.96. The summed E-state index contributed by atoms with van der Waals surface area (Å²) in [5.74, 6) is -1.16. The fourth-order valence-corrected chi connectivity index (χ4v) is 3.26. The third-order valence-electron chi connectivity index (χ3n) is 4.58. The lowest BCUT2D eigenvalue weighted by atomic mass is 9.72. The van der Waals surface area contributed by atoms with E-state index in [1.54, 1.807) is 0 Å². The Kier molecular flexibility index (Phi) is 3.71. The standard InChI is InChI=1S/C15H19FN4O3/c1-8-4-10-13(21)20(2)14(17)19-15(10,7-23-8)9-5-12(22-3)18-6-11(9)16/h5-6,8,10H,4,7H2,1-3H3,(H2,17,19)/t8-,10?,15?/m0/s1. The molecule has 0 radical (unpaired) electrons. The molecule has 7 nitrogen and oxygen atoms in total. The Hall–Kier alpha value is -2.22. The van der Waals surface area contributed by atoms with Gasteiger partial charge in [0.15, 0.2) is 5.96 Å². The van der Waals surface area contributed by atoms with Crippen LogP contribution in [-0.2, 0) is 15.1 Å². The number of aromatic nitrogens is 1. The Morgan fingerprint density at radius 2 is 2.35 bits per heavy atom. The molecule has 3 heterocycles. The first-order valence-corrected chi connectivity index (χ1v) is 7.35. The van der Waals surface area contributed by atoms with Crippen LogP contribution in [0.1, 0.15) is 18.9 Å². The molecule has 2 saturated heterocycles. The predicted octanol–water partition coefficient (Wildman–Crippen LogP) is 0.846. The van der Waals surface area contributed by atoms with Crippen molar-refractivity contribution in [3.63, 3.8) is 0 Å². The molecular formula is C15H19FN4O3. The van der Waals surface area contributed by atoms with Gasteiger partial charge in [-0.1, -0.05) is 0 Å². The second kappa shape index (κ2) is 5.45. The van der Waals surface area contributed by atoms with Gasteiger partial charge in [0.2, 0.25) is 11.8 Å². The summed E-state index contributed by atoms with van der Waals surface area (Å²) in [7, 11) is 2.97. The molecule has 8 heteroatoms. The van der Waals surface area contributed by atoms with E-state index in [2.05, 4.69) is 10.3 Å². The molecule has 2 unspecified atom stereocenters. The maximum atomic E-state index is 14.5. The molecule has 0 bridgehead atoms. The molecule has 0 aromatic carbocycles. The number of carbonyl (C=O) groups is 1. The Balaban J connectivity index is 2.15. The van der Waals surface area contributed by atoms with Gasteiger partial charge < -0.3 is 14.8 Å². The smallest absolute Gasteiger partial charge is 0.235 e. The average molecular weight is 322 g/mol. The Labute approximate surface area is 133 Å². The molecule has 0 aliphatic carbocycles. The van der Waals surface area contributed by atoms with Gasteiger partial charge in [-0.2, -0.15) is 0 Å². The van der Waals surface area contributed by atoms with E-state index in [-0.39, 0.29) is 36.0 Å². The van der Waals surface area contributed by atoms with Crippen molar-refractivity contribution >= 4 is 11.9 Å².